The lowest BCUT2D eigenvalue weighted by molar-refractivity contribution is -0.121. The highest BCUT2D eigenvalue weighted by atomic mass is 16.2. The third-order valence-corrected chi connectivity index (χ3v) is 4.55. The summed E-state index contributed by atoms with van der Waals surface area (Å²) >= 11 is 0. The zero-order valence-electron chi connectivity index (χ0n) is 15.5. The summed E-state index contributed by atoms with van der Waals surface area (Å²) in [6.45, 7) is 9.74. The molecule has 1 aromatic heterocycles. The van der Waals surface area contributed by atoms with Gasteiger partial charge in [0.25, 0.3) is 5.56 Å². The van der Waals surface area contributed by atoms with Crippen molar-refractivity contribution in [1.29, 1.82) is 0 Å². The van der Waals surface area contributed by atoms with Crippen molar-refractivity contribution in [3.8, 4) is 0 Å². The zero-order chi connectivity index (χ0) is 18.2. The molecule has 0 unspecified atom stereocenters. The van der Waals surface area contributed by atoms with Gasteiger partial charge < -0.3 is 14.8 Å². The van der Waals surface area contributed by atoms with Gasteiger partial charge in [0.1, 0.15) is 6.54 Å². The SMILES string of the molecule is CCCCN(CC)CCNC(=O)Cn1c(C)cc2ccccc2c1=O. The Balaban J connectivity index is 1.97. The third-order valence-electron chi connectivity index (χ3n) is 4.55. The van der Waals surface area contributed by atoms with E-state index in [0.717, 1.165) is 30.7 Å². The fraction of sp³-hybridized carbons (Fsp3) is 0.500. The van der Waals surface area contributed by atoms with Gasteiger partial charge in [0.15, 0.2) is 0 Å². The highest BCUT2D eigenvalue weighted by Crippen LogP contribution is 2.11. The molecule has 0 aliphatic heterocycles. The molecule has 0 saturated carbocycles. The van der Waals surface area contributed by atoms with Crippen molar-refractivity contribution in [2.24, 2.45) is 0 Å². The van der Waals surface area contributed by atoms with Crippen LogP contribution in [0.5, 0.6) is 0 Å². The molecular weight excluding hydrogens is 314 g/mol. The first kappa shape index (κ1) is 19.2. The van der Waals surface area contributed by atoms with E-state index in [-0.39, 0.29) is 18.0 Å². The predicted molar refractivity (Wildman–Crippen MR) is 103 cm³/mol. The molecular formula is C20H29N3O2. The van der Waals surface area contributed by atoms with Crippen LogP contribution in [0.3, 0.4) is 0 Å². The molecule has 0 fully saturated rings. The first-order valence-corrected chi connectivity index (χ1v) is 9.15. The van der Waals surface area contributed by atoms with E-state index in [4.69, 9.17) is 0 Å². The zero-order valence-corrected chi connectivity index (χ0v) is 15.5. The van der Waals surface area contributed by atoms with Crippen molar-refractivity contribution in [1.82, 2.24) is 14.8 Å². The molecule has 2 rings (SSSR count). The molecule has 0 spiro atoms. The lowest BCUT2D eigenvalue weighted by Gasteiger charge is -2.20. The molecule has 1 amide bonds. The Morgan fingerprint density at radius 1 is 1.20 bits per heavy atom. The number of carbonyl (C=O) groups is 1. The number of pyridine rings is 1. The summed E-state index contributed by atoms with van der Waals surface area (Å²) in [5, 5.41) is 4.50. The largest absolute Gasteiger partial charge is 0.353 e. The summed E-state index contributed by atoms with van der Waals surface area (Å²) in [4.78, 5) is 27.2. The van der Waals surface area contributed by atoms with E-state index in [9.17, 15) is 9.59 Å². The molecule has 1 N–H and O–H groups in total. The molecule has 0 aliphatic carbocycles. The molecule has 0 radical (unpaired) electrons. The Morgan fingerprint density at radius 3 is 2.68 bits per heavy atom. The maximum Gasteiger partial charge on any atom is 0.259 e. The molecule has 1 aromatic carbocycles. The molecule has 0 bridgehead atoms. The summed E-state index contributed by atoms with van der Waals surface area (Å²) in [6, 6.07) is 9.44. The second-order valence-corrected chi connectivity index (χ2v) is 6.40. The Labute approximate surface area is 149 Å². The molecule has 136 valence electrons. The van der Waals surface area contributed by atoms with Crippen molar-refractivity contribution >= 4 is 16.7 Å². The van der Waals surface area contributed by atoms with Crippen molar-refractivity contribution in [2.45, 2.75) is 40.2 Å². The number of carbonyl (C=O) groups excluding carboxylic acids is 1. The summed E-state index contributed by atoms with van der Waals surface area (Å²) in [6.07, 6.45) is 2.35. The van der Waals surface area contributed by atoms with E-state index in [1.807, 2.05) is 31.2 Å². The number of nitrogens with one attached hydrogen (secondary N) is 1. The predicted octanol–water partition coefficient (Wildman–Crippen LogP) is 2.55. The highest BCUT2D eigenvalue weighted by molar-refractivity contribution is 5.82. The molecule has 2 aromatic rings. The van der Waals surface area contributed by atoms with Crippen LogP contribution in [0.2, 0.25) is 0 Å². The van der Waals surface area contributed by atoms with Gasteiger partial charge in [0, 0.05) is 24.2 Å². The van der Waals surface area contributed by atoms with Crippen LogP contribution in [-0.2, 0) is 11.3 Å². The Hall–Kier alpha value is -2.14. The number of fused-ring (bicyclic) bond motifs is 1. The van der Waals surface area contributed by atoms with Crippen molar-refractivity contribution in [2.75, 3.05) is 26.2 Å². The van der Waals surface area contributed by atoms with E-state index in [1.165, 1.54) is 12.8 Å². The van der Waals surface area contributed by atoms with Gasteiger partial charge in [-0.15, -0.1) is 0 Å². The van der Waals surface area contributed by atoms with Gasteiger partial charge in [-0.25, -0.2) is 0 Å². The Morgan fingerprint density at radius 2 is 1.96 bits per heavy atom. The average Bonchev–Trinajstić information content (AvgIpc) is 2.61. The number of rotatable bonds is 9. The van der Waals surface area contributed by atoms with Gasteiger partial charge in [-0.3, -0.25) is 9.59 Å². The maximum atomic E-state index is 12.6. The summed E-state index contributed by atoms with van der Waals surface area (Å²) in [7, 11) is 0. The minimum Gasteiger partial charge on any atom is -0.353 e. The number of amides is 1. The molecule has 5 heteroatoms. The van der Waals surface area contributed by atoms with Crippen LogP contribution >= 0.6 is 0 Å². The summed E-state index contributed by atoms with van der Waals surface area (Å²) < 4.78 is 1.55. The summed E-state index contributed by atoms with van der Waals surface area (Å²) in [5.41, 5.74) is 0.695. The first-order chi connectivity index (χ1) is 12.1. The number of aromatic nitrogens is 1. The van der Waals surface area contributed by atoms with E-state index in [1.54, 1.807) is 10.6 Å². The number of nitrogens with zero attached hydrogens (tertiary/aromatic N) is 2. The van der Waals surface area contributed by atoms with Gasteiger partial charge in [-0.1, -0.05) is 38.5 Å². The first-order valence-electron chi connectivity index (χ1n) is 9.15. The highest BCUT2D eigenvalue weighted by Gasteiger charge is 2.10. The molecule has 0 aliphatic rings. The van der Waals surface area contributed by atoms with Crippen LogP contribution in [0.25, 0.3) is 10.8 Å². The second-order valence-electron chi connectivity index (χ2n) is 6.40. The normalized spacial score (nSPS) is 11.2. The number of unbranched alkanes of at least 4 members (excludes halogenated alkanes) is 1. The van der Waals surface area contributed by atoms with Crippen molar-refractivity contribution in [3.63, 3.8) is 0 Å². The van der Waals surface area contributed by atoms with Crippen LogP contribution < -0.4 is 10.9 Å². The van der Waals surface area contributed by atoms with Crippen LogP contribution in [0.15, 0.2) is 35.1 Å². The van der Waals surface area contributed by atoms with Gasteiger partial charge >= 0.3 is 0 Å². The second kappa shape index (κ2) is 9.37. The molecule has 1 heterocycles. The lowest BCUT2D eigenvalue weighted by Crippen LogP contribution is -2.38. The fourth-order valence-electron chi connectivity index (χ4n) is 2.99. The minimum absolute atomic E-state index is 0.0661. The van der Waals surface area contributed by atoms with Crippen LogP contribution in [0.4, 0.5) is 0 Å². The van der Waals surface area contributed by atoms with Gasteiger partial charge in [0.2, 0.25) is 5.91 Å². The number of hydrogen-bond acceptors (Lipinski definition) is 3. The lowest BCUT2D eigenvalue weighted by atomic mass is 10.1. The fourth-order valence-corrected chi connectivity index (χ4v) is 2.99. The Kier molecular flexibility index (Phi) is 7.19. The number of likely N-dealkylation sites (N-methyl/N-ethyl adjacent to an activating group) is 1. The molecule has 5 nitrogen and oxygen atoms in total. The van der Waals surface area contributed by atoms with Crippen molar-refractivity contribution in [3.05, 3.63) is 46.4 Å². The van der Waals surface area contributed by atoms with E-state index in [2.05, 4.69) is 24.1 Å². The van der Waals surface area contributed by atoms with E-state index < -0.39 is 0 Å². The number of benzene rings is 1. The number of aryl methyl sites for hydroxylation is 1. The Bertz CT molecular complexity index is 767. The monoisotopic (exact) mass is 343 g/mol. The topological polar surface area (TPSA) is 54.3 Å². The maximum absolute atomic E-state index is 12.6. The van der Waals surface area contributed by atoms with Crippen LogP contribution in [0.1, 0.15) is 32.4 Å². The van der Waals surface area contributed by atoms with Gasteiger partial charge in [0.05, 0.1) is 0 Å². The number of hydrogen-bond donors (Lipinski definition) is 1. The molecule has 25 heavy (non-hydrogen) atoms. The average molecular weight is 343 g/mol. The van der Waals surface area contributed by atoms with Crippen LogP contribution in [-0.4, -0.2) is 41.6 Å². The molecule has 0 atom stereocenters. The van der Waals surface area contributed by atoms with Gasteiger partial charge in [-0.05, 0) is 44.0 Å². The smallest absolute Gasteiger partial charge is 0.259 e. The minimum atomic E-state index is -0.118. The quantitative estimate of drug-likeness (QED) is 0.761. The standard InChI is InChI=1S/C20H29N3O2/c1-4-6-12-22(5-2)13-11-21-19(24)15-23-16(3)14-17-9-7-8-10-18(17)20(23)25/h7-10,14H,4-6,11-13,15H2,1-3H3,(H,21,24). The third kappa shape index (κ3) is 5.16. The van der Waals surface area contributed by atoms with Crippen LogP contribution in [0, 0.1) is 6.92 Å². The van der Waals surface area contributed by atoms with Gasteiger partial charge in [-0.2, -0.15) is 0 Å². The van der Waals surface area contributed by atoms with E-state index in [0.29, 0.717) is 11.9 Å². The molecule has 0 saturated heterocycles. The summed E-state index contributed by atoms with van der Waals surface area (Å²) in [5.74, 6) is -0.118. The van der Waals surface area contributed by atoms with E-state index >= 15 is 0 Å². The van der Waals surface area contributed by atoms with Crippen molar-refractivity contribution < 1.29 is 4.79 Å².